The zero-order valence-corrected chi connectivity index (χ0v) is 13.4. The van der Waals surface area contributed by atoms with Crippen molar-refractivity contribution in [3.8, 4) is 0 Å². The molecule has 2 rings (SSSR count). The van der Waals surface area contributed by atoms with Gasteiger partial charge in [-0.25, -0.2) is 13.6 Å². The van der Waals surface area contributed by atoms with Gasteiger partial charge in [0, 0.05) is 12.8 Å². The molecule has 0 unspecified atom stereocenters. The zero-order chi connectivity index (χ0) is 17.0. The van der Waals surface area contributed by atoms with Crippen LogP contribution in [0.4, 0.5) is 8.78 Å². The Morgan fingerprint density at radius 2 is 1.96 bits per heavy atom. The minimum absolute atomic E-state index is 0.0308. The van der Waals surface area contributed by atoms with Gasteiger partial charge in [0.25, 0.3) is 0 Å². The summed E-state index contributed by atoms with van der Waals surface area (Å²) >= 11 is 5.02. The first-order valence-corrected chi connectivity index (χ1v) is 7.24. The van der Waals surface area contributed by atoms with Crippen LogP contribution in [0.1, 0.15) is 18.5 Å². The number of nitrogens with one attached hydrogen (secondary N) is 2. The van der Waals surface area contributed by atoms with Crippen LogP contribution in [0, 0.1) is 11.6 Å². The highest BCUT2D eigenvalue weighted by Gasteiger charge is 2.34. The van der Waals surface area contributed by atoms with Crippen LogP contribution >= 0.6 is 12.2 Å². The van der Waals surface area contributed by atoms with Crippen LogP contribution < -0.4 is 10.6 Å². The first-order valence-electron chi connectivity index (χ1n) is 6.84. The number of hydrogen-bond donors (Lipinski definition) is 2. The highest BCUT2D eigenvalue weighted by molar-refractivity contribution is 7.80. The molecule has 0 spiro atoms. The van der Waals surface area contributed by atoms with Gasteiger partial charge in [-0.1, -0.05) is 6.07 Å². The number of benzene rings is 1. The molecule has 5 nitrogen and oxygen atoms in total. The molecule has 0 bridgehead atoms. The number of hydrogen-bond acceptors (Lipinski definition) is 4. The summed E-state index contributed by atoms with van der Waals surface area (Å²) in [5, 5.41) is 5.65. The monoisotopic (exact) mass is 342 g/mol. The van der Waals surface area contributed by atoms with E-state index in [9.17, 15) is 13.6 Å². The first-order chi connectivity index (χ1) is 11.0. The molecule has 1 aromatic carbocycles. The molecule has 0 radical (unpaired) electrons. The molecule has 0 aromatic heterocycles. The average molecular weight is 342 g/mol. The van der Waals surface area contributed by atoms with Gasteiger partial charge < -0.3 is 20.1 Å². The first kappa shape index (κ1) is 17.3. The number of rotatable bonds is 5. The van der Waals surface area contributed by atoms with Gasteiger partial charge in [-0.3, -0.25) is 0 Å². The number of carbonyl (C=O) groups is 1. The van der Waals surface area contributed by atoms with E-state index in [0.29, 0.717) is 5.70 Å². The lowest BCUT2D eigenvalue weighted by Gasteiger charge is -2.30. The maximum atomic E-state index is 14.1. The molecule has 1 aliphatic rings. The van der Waals surface area contributed by atoms with Crippen molar-refractivity contribution in [2.24, 2.45) is 0 Å². The van der Waals surface area contributed by atoms with Crippen molar-refractivity contribution in [1.29, 1.82) is 0 Å². The molecule has 124 valence electrons. The van der Waals surface area contributed by atoms with Gasteiger partial charge in [-0.05, 0) is 31.3 Å². The van der Waals surface area contributed by atoms with Crippen LogP contribution in [-0.2, 0) is 14.3 Å². The summed E-state index contributed by atoms with van der Waals surface area (Å²) in [4.78, 5) is 12.3. The second-order valence-corrected chi connectivity index (χ2v) is 5.24. The third kappa shape index (κ3) is 3.83. The summed E-state index contributed by atoms with van der Waals surface area (Å²) in [5.74, 6) is -2.25. The Labute approximate surface area is 137 Å². The molecule has 2 N–H and O–H groups in total. The summed E-state index contributed by atoms with van der Waals surface area (Å²) in [6.07, 6.45) is 0. The Morgan fingerprint density at radius 3 is 2.57 bits per heavy atom. The van der Waals surface area contributed by atoms with Crippen LogP contribution in [0.5, 0.6) is 0 Å². The van der Waals surface area contributed by atoms with Crippen molar-refractivity contribution < 1.29 is 23.0 Å². The normalized spacial score (nSPS) is 17.6. The summed E-state index contributed by atoms with van der Waals surface area (Å²) in [7, 11) is 1.47. The number of ether oxygens (including phenoxy) is 2. The smallest absolute Gasteiger partial charge is 0.338 e. The van der Waals surface area contributed by atoms with E-state index in [1.165, 1.54) is 13.2 Å². The maximum absolute atomic E-state index is 14.1. The van der Waals surface area contributed by atoms with Crippen molar-refractivity contribution in [2.75, 3.05) is 20.3 Å². The number of carbonyl (C=O) groups excluding carboxylic acids is 1. The minimum Gasteiger partial charge on any atom is -0.460 e. The van der Waals surface area contributed by atoms with Crippen molar-refractivity contribution in [3.63, 3.8) is 0 Å². The van der Waals surface area contributed by atoms with Crippen LogP contribution in [0.3, 0.4) is 0 Å². The van der Waals surface area contributed by atoms with Crippen molar-refractivity contribution >= 4 is 23.3 Å². The maximum Gasteiger partial charge on any atom is 0.338 e. The average Bonchev–Trinajstić information content (AvgIpc) is 2.46. The Hall–Kier alpha value is -2.06. The second-order valence-electron chi connectivity index (χ2n) is 4.83. The van der Waals surface area contributed by atoms with Gasteiger partial charge in [0.15, 0.2) is 5.11 Å². The number of allylic oxidation sites excluding steroid dienone is 1. The minimum atomic E-state index is -1.07. The largest absolute Gasteiger partial charge is 0.460 e. The predicted molar refractivity (Wildman–Crippen MR) is 83.5 cm³/mol. The highest BCUT2D eigenvalue weighted by atomic mass is 32.1. The Morgan fingerprint density at radius 1 is 1.30 bits per heavy atom. The molecular formula is C15H16F2N2O3S. The molecule has 1 aliphatic heterocycles. The Balaban J connectivity index is 2.40. The van der Waals surface area contributed by atoms with Crippen molar-refractivity contribution in [2.45, 2.75) is 13.0 Å². The van der Waals surface area contributed by atoms with E-state index < -0.39 is 23.6 Å². The molecule has 1 aromatic rings. The van der Waals surface area contributed by atoms with Crippen LogP contribution in [0.2, 0.25) is 0 Å². The number of esters is 1. The van der Waals surface area contributed by atoms with Crippen molar-refractivity contribution in [3.05, 3.63) is 46.7 Å². The van der Waals surface area contributed by atoms with E-state index >= 15 is 0 Å². The molecule has 0 saturated heterocycles. The van der Waals surface area contributed by atoms with Crippen LogP contribution in [-0.4, -0.2) is 31.4 Å². The van der Waals surface area contributed by atoms with E-state index in [0.717, 1.165) is 12.1 Å². The van der Waals surface area contributed by atoms with Gasteiger partial charge in [-0.2, -0.15) is 0 Å². The topological polar surface area (TPSA) is 59.6 Å². The van der Waals surface area contributed by atoms with Crippen LogP contribution in [0.15, 0.2) is 29.5 Å². The standard InChI is InChI=1S/C15H16F2N2O3S/c1-8-11(14(20)22-7-6-21-2)13(19-15(23)18-8)12-9(16)4-3-5-10(12)17/h3-5,13H,6-7H2,1-2H3,(H2,18,19,23)/t13-/m0/s1. The van der Waals surface area contributed by atoms with Gasteiger partial charge in [0.1, 0.15) is 18.2 Å². The summed E-state index contributed by atoms with van der Waals surface area (Å²) in [6.45, 7) is 1.84. The lowest BCUT2D eigenvalue weighted by atomic mass is 9.95. The van der Waals surface area contributed by atoms with Gasteiger partial charge in [0.2, 0.25) is 0 Å². The SMILES string of the molecule is COCCOC(=O)C1=C(C)NC(=S)N[C@@H]1c1c(F)cccc1F. The van der Waals surface area contributed by atoms with Crippen LogP contribution in [0.25, 0.3) is 0 Å². The summed E-state index contributed by atoms with van der Waals surface area (Å²) < 4.78 is 38.1. The van der Waals surface area contributed by atoms with Gasteiger partial charge >= 0.3 is 5.97 Å². The van der Waals surface area contributed by atoms with Gasteiger partial charge in [-0.15, -0.1) is 0 Å². The molecule has 0 fully saturated rings. The molecule has 1 atom stereocenters. The molecule has 0 amide bonds. The molecular weight excluding hydrogens is 326 g/mol. The Bertz CT molecular complexity index is 644. The lowest BCUT2D eigenvalue weighted by Crippen LogP contribution is -2.45. The second kappa shape index (κ2) is 7.47. The predicted octanol–water partition coefficient (Wildman–Crippen LogP) is 1.95. The molecule has 0 aliphatic carbocycles. The fourth-order valence-electron chi connectivity index (χ4n) is 2.26. The zero-order valence-electron chi connectivity index (χ0n) is 12.6. The third-order valence-corrected chi connectivity index (χ3v) is 3.52. The van der Waals surface area contributed by atoms with E-state index in [-0.39, 0.29) is 29.5 Å². The number of methoxy groups -OCH3 is 1. The summed E-state index contributed by atoms with van der Waals surface area (Å²) in [5.41, 5.74) is 0.164. The molecule has 1 heterocycles. The molecule has 0 saturated carbocycles. The lowest BCUT2D eigenvalue weighted by molar-refractivity contribution is -0.140. The molecule has 8 heteroatoms. The van der Waals surface area contributed by atoms with Crippen molar-refractivity contribution in [1.82, 2.24) is 10.6 Å². The number of thiocarbonyl (C=S) groups is 1. The van der Waals surface area contributed by atoms with E-state index in [4.69, 9.17) is 21.7 Å². The summed E-state index contributed by atoms with van der Waals surface area (Å²) in [6, 6.07) is 2.42. The van der Waals surface area contributed by atoms with Gasteiger partial charge in [0.05, 0.1) is 23.8 Å². The fourth-order valence-corrected chi connectivity index (χ4v) is 2.53. The molecule has 23 heavy (non-hydrogen) atoms. The van der Waals surface area contributed by atoms with E-state index in [2.05, 4.69) is 10.6 Å². The quantitative estimate of drug-likeness (QED) is 0.485. The highest BCUT2D eigenvalue weighted by Crippen LogP contribution is 2.31. The number of halogens is 2. The third-order valence-electron chi connectivity index (χ3n) is 3.30. The Kier molecular flexibility index (Phi) is 5.62. The fraction of sp³-hybridized carbons (Fsp3) is 0.333. The van der Waals surface area contributed by atoms with E-state index in [1.54, 1.807) is 6.92 Å². The van der Waals surface area contributed by atoms with E-state index in [1.807, 2.05) is 0 Å².